The zero-order valence-corrected chi connectivity index (χ0v) is 13.6. The Morgan fingerprint density at radius 2 is 1.81 bits per heavy atom. The Morgan fingerprint density at radius 1 is 1.05 bits per heavy atom. The molecule has 1 N–H and O–H groups in total. The van der Waals surface area contributed by atoms with Crippen molar-refractivity contribution in [2.75, 3.05) is 24.3 Å². The average molecular weight is 282 g/mol. The molecular formula is C19H26N2. The van der Waals surface area contributed by atoms with Gasteiger partial charge >= 0.3 is 0 Å². The van der Waals surface area contributed by atoms with Crippen LogP contribution >= 0.6 is 0 Å². The number of hydrogen-bond acceptors (Lipinski definition) is 2. The third kappa shape index (κ3) is 4.52. The molecule has 0 bridgehead atoms. The van der Waals surface area contributed by atoms with Crippen LogP contribution in [0.4, 0.5) is 11.4 Å². The highest BCUT2D eigenvalue weighted by Gasteiger charge is 2.07. The lowest BCUT2D eigenvalue weighted by Gasteiger charge is -2.22. The van der Waals surface area contributed by atoms with Gasteiger partial charge in [-0.15, -0.1) is 0 Å². The van der Waals surface area contributed by atoms with Crippen LogP contribution in [0.2, 0.25) is 0 Å². The molecule has 0 heterocycles. The van der Waals surface area contributed by atoms with Crippen molar-refractivity contribution in [1.29, 1.82) is 0 Å². The monoisotopic (exact) mass is 282 g/mol. The normalized spacial score (nSPS) is 12.0. The summed E-state index contributed by atoms with van der Waals surface area (Å²) in [6.07, 6.45) is 2.24. The Labute approximate surface area is 128 Å². The van der Waals surface area contributed by atoms with E-state index >= 15 is 0 Å². The molecule has 0 aliphatic rings. The molecule has 2 rings (SSSR count). The molecule has 1 atom stereocenters. The number of nitrogens with zero attached hydrogens (tertiary/aromatic N) is 1. The van der Waals surface area contributed by atoms with Crippen LogP contribution in [0.3, 0.4) is 0 Å². The number of aryl methyl sites for hydroxylation is 2. The molecule has 1 unspecified atom stereocenters. The van der Waals surface area contributed by atoms with E-state index in [1.165, 1.54) is 22.5 Å². The van der Waals surface area contributed by atoms with Crippen LogP contribution < -0.4 is 10.2 Å². The number of benzene rings is 2. The van der Waals surface area contributed by atoms with Crippen molar-refractivity contribution >= 4 is 11.4 Å². The predicted molar refractivity (Wildman–Crippen MR) is 93.4 cm³/mol. The SMILES string of the molecule is Cc1cccc(CCC(C)Nc2ccccc2N(C)C)c1. The zero-order chi connectivity index (χ0) is 15.2. The van der Waals surface area contributed by atoms with Gasteiger partial charge < -0.3 is 10.2 Å². The molecule has 0 aliphatic carbocycles. The average Bonchev–Trinajstić information content (AvgIpc) is 2.45. The first kappa shape index (κ1) is 15.4. The van der Waals surface area contributed by atoms with Crippen LogP contribution in [0.15, 0.2) is 48.5 Å². The largest absolute Gasteiger partial charge is 0.381 e. The summed E-state index contributed by atoms with van der Waals surface area (Å²) in [7, 11) is 4.16. The van der Waals surface area contributed by atoms with Crippen molar-refractivity contribution in [3.05, 3.63) is 59.7 Å². The minimum Gasteiger partial charge on any atom is -0.381 e. The number of anilines is 2. The van der Waals surface area contributed by atoms with E-state index in [1.807, 2.05) is 0 Å². The first-order chi connectivity index (χ1) is 10.1. The third-order valence-electron chi connectivity index (χ3n) is 3.74. The number of para-hydroxylation sites is 2. The summed E-state index contributed by atoms with van der Waals surface area (Å²) < 4.78 is 0. The van der Waals surface area contributed by atoms with Gasteiger partial charge in [0.25, 0.3) is 0 Å². The molecule has 0 spiro atoms. The standard InChI is InChI=1S/C19H26N2/c1-15-8-7-9-17(14-15)13-12-16(2)20-18-10-5-6-11-19(18)21(3)4/h5-11,14,16,20H,12-13H2,1-4H3. The highest BCUT2D eigenvalue weighted by atomic mass is 15.1. The molecule has 0 amide bonds. The van der Waals surface area contributed by atoms with Gasteiger partial charge in [0.1, 0.15) is 0 Å². The molecule has 0 fully saturated rings. The van der Waals surface area contributed by atoms with Crippen molar-refractivity contribution in [2.24, 2.45) is 0 Å². The van der Waals surface area contributed by atoms with E-state index in [1.54, 1.807) is 0 Å². The van der Waals surface area contributed by atoms with Crippen molar-refractivity contribution in [3.63, 3.8) is 0 Å². The summed E-state index contributed by atoms with van der Waals surface area (Å²) in [5, 5.41) is 3.64. The quantitative estimate of drug-likeness (QED) is 0.839. The highest BCUT2D eigenvalue weighted by molar-refractivity contribution is 5.69. The number of hydrogen-bond donors (Lipinski definition) is 1. The molecule has 21 heavy (non-hydrogen) atoms. The summed E-state index contributed by atoms with van der Waals surface area (Å²) in [5.41, 5.74) is 5.20. The number of nitrogens with one attached hydrogen (secondary N) is 1. The van der Waals surface area contributed by atoms with Gasteiger partial charge in [0.2, 0.25) is 0 Å². The van der Waals surface area contributed by atoms with E-state index < -0.39 is 0 Å². The molecule has 0 aliphatic heterocycles. The van der Waals surface area contributed by atoms with Crippen LogP contribution in [0.25, 0.3) is 0 Å². The fraction of sp³-hybridized carbons (Fsp3) is 0.368. The maximum atomic E-state index is 3.64. The molecule has 112 valence electrons. The zero-order valence-electron chi connectivity index (χ0n) is 13.6. The van der Waals surface area contributed by atoms with Crippen LogP contribution in [0.5, 0.6) is 0 Å². The molecule has 2 heteroatoms. The fourth-order valence-corrected chi connectivity index (χ4v) is 2.57. The Morgan fingerprint density at radius 3 is 2.52 bits per heavy atom. The van der Waals surface area contributed by atoms with Crippen molar-refractivity contribution in [3.8, 4) is 0 Å². The van der Waals surface area contributed by atoms with Crippen LogP contribution in [-0.2, 0) is 6.42 Å². The minimum atomic E-state index is 0.451. The second-order valence-electron chi connectivity index (χ2n) is 5.98. The van der Waals surface area contributed by atoms with Crippen molar-refractivity contribution in [2.45, 2.75) is 32.7 Å². The first-order valence-corrected chi connectivity index (χ1v) is 7.64. The van der Waals surface area contributed by atoms with E-state index in [2.05, 4.69) is 86.7 Å². The molecule has 2 aromatic rings. The van der Waals surface area contributed by atoms with Gasteiger partial charge in [-0.05, 0) is 44.4 Å². The second-order valence-corrected chi connectivity index (χ2v) is 5.98. The van der Waals surface area contributed by atoms with Gasteiger partial charge in [-0.2, -0.15) is 0 Å². The van der Waals surface area contributed by atoms with Gasteiger partial charge in [-0.1, -0.05) is 42.0 Å². The Kier molecular flexibility index (Phi) is 5.26. The lowest BCUT2D eigenvalue weighted by molar-refractivity contribution is 0.706. The maximum absolute atomic E-state index is 3.64. The summed E-state index contributed by atoms with van der Waals surface area (Å²) in [6.45, 7) is 4.40. The number of rotatable bonds is 6. The predicted octanol–water partition coefficient (Wildman–Crippen LogP) is 4.49. The maximum Gasteiger partial charge on any atom is 0.0596 e. The summed E-state index contributed by atoms with van der Waals surface area (Å²) >= 11 is 0. The smallest absolute Gasteiger partial charge is 0.0596 e. The van der Waals surface area contributed by atoms with E-state index in [4.69, 9.17) is 0 Å². The fourth-order valence-electron chi connectivity index (χ4n) is 2.57. The van der Waals surface area contributed by atoms with E-state index in [0.29, 0.717) is 6.04 Å². The summed E-state index contributed by atoms with van der Waals surface area (Å²) in [5.74, 6) is 0. The highest BCUT2D eigenvalue weighted by Crippen LogP contribution is 2.24. The lowest BCUT2D eigenvalue weighted by Crippen LogP contribution is -2.19. The first-order valence-electron chi connectivity index (χ1n) is 7.64. The molecular weight excluding hydrogens is 256 g/mol. The Balaban J connectivity index is 1.94. The van der Waals surface area contributed by atoms with Gasteiger partial charge in [0, 0.05) is 20.1 Å². The Bertz CT molecular complexity index is 575. The van der Waals surface area contributed by atoms with Gasteiger partial charge in [0.15, 0.2) is 0 Å². The molecule has 0 saturated heterocycles. The third-order valence-corrected chi connectivity index (χ3v) is 3.74. The van der Waals surface area contributed by atoms with E-state index in [-0.39, 0.29) is 0 Å². The van der Waals surface area contributed by atoms with E-state index in [9.17, 15) is 0 Å². The van der Waals surface area contributed by atoms with Crippen LogP contribution in [0.1, 0.15) is 24.5 Å². The Hall–Kier alpha value is -1.96. The van der Waals surface area contributed by atoms with Gasteiger partial charge in [-0.25, -0.2) is 0 Å². The topological polar surface area (TPSA) is 15.3 Å². The van der Waals surface area contributed by atoms with Gasteiger partial charge in [0.05, 0.1) is 11.4 Å². The molecule has 0 aromatic heterocycles. The molecule has 2 nitrogen and oxygen atoms in total. The molecule has 2 aromatic carbocycles. The molecule has 0 radical (unpaired) electrons. The van der Waals surface area contributed by atoms with Crippen molar-refractivity contribution < 1.29 is 0 Å². The van der Waals surface area contributed by atoms with Crippen LogP contribution in [-0.4, -0.2) is 20.1 Å². The van der Waals surface area contributed by atoms with Crippen LogP contribution in [0, 0.1) is 6.92 Å². The summed E-state index contributed by atoms with van der Waals surface area (Å²) in [6, 6.07) is 17.7. The molecule has 0 saturated carbocycles. The van der Waals surface area contributed by atoms with Crippen molar-refractivity contribution in [1.82, 2.24) is 0 Å². The summed E-state index contributed by atoms with van der Waals surface area (Å²) in [4.78, 5) is 2.15. The van der Waals surface area contributed by atoms with E-state index in [0.717, 1.165) is 12.8 Å². The second kappa shape index (κ2) is 7.16. The minimum absolute atomic E-state index is 0.451. The van der Waals surface area contributed by atoms with Gasteiger partial charge in [-0.3, -0.25) is 0 Å². The lowest BCUT2D eigenvalue weighted by atomic mass is 10.0.